The molecule has 0 aromatic heterocycles. The van der Waals surface area contributed by atoms with Crippen molar-refractivity contribution in [2.75, 3.05) is 0 Å². The Bertz CT molecular complexity index is 348. The number of benzene rings is 1. The van der Waals surface area contributed by atoms with Gasteiger partial charge in [0.1, 0.15) is 0 Å². The van der Waals surface area contributed by atoms with Gasteiger partial charge in [-0.05, 0) is 30.3 Å². The minimum absolute atomic E-state index is 0.364. The molecule has 0 spiro atoms. The summed E-state index contributed by atoms with van der Waals surface area (Å²) in [5, 5.41) is -0.420. The van der Waals surface area contributed by atoms with Gasteiger partial charge in [-0.3, -0.25) is 0 Å². The van der Waals surface area contributed by atoms with Crippen LogP contribution in [0.4, 0.5) is 17.6 Å². The average Bonchev–Trinajstić information content (AvgIpc) is 1.96. The normalized spacial score (nSPS) is 11.9. The third-order valence-corrected chi connectivity index (χ3v) is 2.30. The summed E-state index contributed by atoms with van der Waals surface area (Å²) in [5.74, 6) is -1.08. The summed E-state index contributed by atoms with van der Waals surface area (Å²) < 4.78 is 48.8. The fourth-order valence-electron chi connectivity index (χ4n) is 0.831. The van der Waals surface area contributed by atoms with Crippen LogP contribution < -0.4 is 0 Å². The van der Waals surface area contributed by atoms with Crippen LogP contribution in [0.25, 0.3) is 0 Å². The lowest BCUT2D eigenvalue weighted by Crippen LogP contribution is -2.01. The van der Waals surface area contributed by atoms with Gasteiger partial charge in [0.25, 0.3) is 0 Å². The summed E-state index contributed by atoms with van der Waals surface area (Å²) >= 11 is 4.81. The van der Waals surface area contributed by atoms with Crippen LogP contribution in [-0.2, 0) is 0 Å². The standard InChI is InChI=1S/C8H4ClF4S/c1-4-2-5(9)7(10)6(3-4)14-8(11,12)13/h3H,1H3. The van der Waals surface area contributed by atoms with Crippen molar-refractivity contribution < 1.29 is 17.6 Å². The Morgan fingerprint density at radius 1 is 1.43 bits per heavy atom. The first kappa shape index (κ1) is 11.7. The Kier molecular flexibility index (Phi) is 3.32. The Balaban J connectivity index is 3.09. The largest absolute Gasteiger partial charge is 0.446 e. The maximum absolute atomic E-state index is 13.0. The average molecular weight is 244 g/mol. The summed E-state index contributed by atoms with van der Waals surface area (Å²) in [6, 6.07) is 3.43. The van der Waals surface area contributed by atoms with E-state index in [9.17, 15) is 17.6 Å². The molecule has 1 aromatic carbocycles. The summed E-state index contributed by atoms with van der Waals surface area (Å²) in [6.07, 6.45) is 0. The highest BCUT2D eigenvalue weighted by Crippen LogP contribution is 2.39. The molecule has 0 bridgehead atoms. The lowest BCUT2D eigenvalue weighted by molar-refractivity contribution is -0.0329. The summed E-state index contributed by atoms with van der Waals surface area (Å²) in [5.41, 5.74) is -4.15. The van der Waals surface area contributed by atoms with Crippen molar-refractivity contribution in [3.63, 3.8) is 0 Å². The molecule has 6 heteroatoms. The fourth-order valence-corrected chi connectivity index (χ4v) is 1.81. The number of hydrogen-bond donors (Lipinski definition) is 0. The van der Waals surface area contributed by atoms with Gasteiger partial charge in [0.2, 0.25) is 0 Å². The van der Waals surface area contributed by atoms with Gasteiger partial charge in [-0.25, -0.2) is 4.39 Å². The minimum atomic E-state index is -4.52. The highest BCUT2D eigenvalue weighted by atomic mass is 35.5. The maximum atomic E-state index is 13.0. The van der Waals surface area contributed by atoms with E-state index in [1.165, 1.54) is 6.92 Å². The topological polar surface area (TPSA) is 0 Å². The molecule has 0 atom stereocenters. The molecule has 0 nitrogen and oxygen atoms in total. The van der Waals surface area contributed by atoms with Crippen LogP contribution >= 0.6 is 23.4 Å². The molecule has 0 amide bonds. The lowest BCUT2D eigenvalue weighted by Gasteiger charge is -2.07. The van der Waals surface area contributed by atoms with Crippen molar-refractivity contribution in [2.24, 2.45) is 0 Å². The molecule has 0 aliphatic rings. The van der Waals surface area contributed by atoms with Gasteiger partial charge in [-0.15, -0.1) is 0 Å². The van der Waals surface area contributed by atoms with Gasteiger partial charge in [0.15, 0.2) is 5.82 Å². The molecule has 14 heavy (non-hydrogen) atoms. The smallest absolute Gasteiger partial charge is 0.204 e. The van der Waals surface area contributed by atoms with Gasteiger partial charge in [-0.1, -0.05) is 11.6 Å². The monoisotopic (exact) mass is 243 g/mol. The number of alkyl halides is 3. The number of aryl methyl sites for hydroxylation is 1. The molecule has 0 aliphatic carbocycles. The lowest BCUT2D eigenvalue weighted by atomic mass is 10.2. The summed E-state index contributed by atoms with van der Waals surface area (Å²) in [7, 11) is 0. The first-order valence-corrected chi connectivity index (χ1v) is 4.62. The van der Waals surface area contributed by atoms with Crippen LogP contribution in [-0.4, -0.2) is 5.51 Å². The molecular formula is C8H4ClF4S. The molecule has 0 aliphatic heterocycles. The van der Waals surface area contributed by atoms with E-state index >= 15 is 0 Å². The second-order valence-electron chi connectivity index (χ2n) is 2.49. The molecule has 0 saturated heterocycles. The van der Waals surface area contributed by atoms with E-state index in [0.717, 1.165) is 6.07 Å². The molecular weight excluding hydrogens is 240 g/mol. The van der Waals surface area contributed by atoms with Crippen LogP contribution in [0.15, 0.2) is 11.0 Å². The molecule has 0 N–H and O–H groups in total. The Morgan fingerprint density at radius 2 is 2.00 bits per heavy atom. The van der Waals surface area contributed by atoms with Crippen molar-refractivity contribution in [1.82, 2.24) is 0 Å². The van der Waals surface area contributed by atoms with Crippen molar-refractivity contribution in [3.05, 3.63) is 28.5 Å². The second-order valence-corrected chi connectivity index (χ2v) is 3.98. The van der Waals surface area contributed by atoms with Gasteiger partial charge in [0, 0.05) is 6.07 Å². The van der Waals surface area contributed by atoms with E-state index in [-0.39, 0.29) is 0 Å². The summed E-state index contributed by atoms with van der Waals surface area (Å²) in [6.45, 7) is 1.49. The van der Waals surface area contributed by atoms with E-state index in [4.69, 9.17) is 11.6 Å². The number of hydrogen-bond acceptors (Lipinski definition) is 1. The molecule has 1 rings (SSSR count). The van der Waals surface area contributed by atoms with Crippen LogP contribution in [0.2, 0.25) is 5.02 Å². The number of thioether (sulfide) groups is 1. The van der Waals surface area contributed by atoms with Gasteiger partial charge >= 0.3 is 5.51 Å². The van der Waals surface area contributed by atoms with Crippen LogP contribution in [0.3, 0.4) is 0 Å². The van der Waals surface area contributed by atoms with E-state index in [0.29, 0.717) is 5.56 Å². The van der Waals surface area contributed by atoms with Crippen molar-refractivity contribution >= 4 is 23.4 Å². The molecule has 0 unspecified atom stereocenters. The highest BCUT2D eigenvalue weighted by Gasteiger charge is 2.31. The Hall–Kier alpha value is -0.420. The maximum Gasteiger partial charge on any atom is 0.446 e. The first-order chi connectivity index (χ1) is 6.29. The summed E-state index contributed by atoms with van der Waals surface area (Å²) in [4.78, 5) is -0.529. The molecule has 1 radical (unpaired) electrons. The highest BCUT2D eigenvalue weighted by molar-refractivity contribution is 8.00. The van der Waals surface area contributed by atoms with Gasteiger partial charge in [-0.2, -0.15) is 13.2 Å². The zero-order valence-corrected chi connectivity index (χ0v) is 8.45. The van der Waals surface area contributed by atoms with Gasteiger partial charge < -0.3 is 0 Å². The zero-order chi connectivity index (χ0) is 10.9. The van der Waals surface area contributed by atoms with Gasteiger partial charge in [0.05, 0.1) is 9.92 Å². The van der Waals surface area contributed by atoms with Crippen molar-refractivity contribution in [3.8, 4) is 0 Å². The second kappa shape index (κ2) is 3.98. The van der Waals surface area contributed by atoms with Crippen LogP contribution in [0.5, 0.6) is 0 Å². The van der Waals surface area contributed by atoms with Crippen LogP contribution in [0.1, 0.15) is 5.56 Å². The zero-order valence-electron chi connectivity index (χ0n) is 6.88. The molecule has 77 valence electrons. The van der Waals surface area contributed by atoms with E-state index in [2.05, 4.69) is 6.07 Å². The third kappa shape index (κ3) is 3.06. The van der Waals surface area contributed by atoms with E-state index < -0.39 is 33.0 Å². The minimum Gasteiger partial charge on any atom is -0.204 e. The van der Waals surface area contributed by atoms with E-state index in [1.54, 1.807) is 0 Å². The van der Waals surface area contributed by atoms with Crippen molar-refractivity contribution in [2.45, 2.75) is 17.3 Å². The molecule has 1 aromatic rings. The van der Waals surface area contributed by atoms with Crippen molar-refractivity contribution in [1.29, 1.82) is 0 Å². The predicted molar refractivity (Wildman–Crippen MR) is 46.9 cm³/mol. The Labute approximate surface area is 87.2 Å². The molecule has 0 heterocycles. The number of rotatable bonds is 1. The predicted octanol–water partition coefficient (Wildman–Crippen LogP) is 4.20. The molecule has 0 fully saturated rings. The fraction of sp³-hybridized carbons (Fsp3) is 0.250. The van der Waals surface area contributed by atoms with Crippen LogP contribution in [0, 0.1) is 18.8 Å². The van der Waals surface area contributed by atoms with E-state index in [1.807, 2.05) is 0 Å². The SMILES string of the molecule is Cc1[c]c(Cl)c(F)c(SC(F)(F)F)c1. The third-order valence-electron chi connectivity index (χ3n) is 1.29. The quantitative estimate of drug-likeness (QED) is 0.526. The Morgan fingerprint density at radius 3 is 2.50 bits per heavy atom. The number of halogens is 5. The molecule has 0 saturated carbocycles. The first-order valence-electron chi connectivity index (χ1n) is 3.43.